The number of carbonyl (C=O) groups excluding carboxylic acids is 1. The van der Waals surface area contributed by atoms with Crippen LogP contribution in [0.3, 0.4) is 0 Å². The molecule has 0 heterocycles. The lowest BCUT2D eigenvalue weighted by molar-refractivity contribution is -0.113. The number of rotatable bonds is 4. The van der Waals surface area contributed by atoms with Crippen LogP contribution in [0.4, 0.5) is 11.4 Å². The third kappa shape index (κ3) is 3.86. The van der Waals surface area contributed by atoms with Gasteiger partial charge in [0.2, 0.25) is 5.91 Å². The molecule has 0 aliphatic carbocycles. The van der Waals surface area contributed by atoms with Crippen LogP contribution in [-0.2, 0) is 14.6 Å². The van der Waals surface area contributed by atoms with Crippen LogP contribution in [0.15, 0.2) is 18.2 Å². The van der Waals surface area contributed by atoms with Gasteiger partial charge in [-0.15, -0.1) is 0 Å². The van der Waals surface area contributed by atoms with Crippen LogP contribution in [0.1, 0.15) is 20.8 Å². The second-order valence-corrected chi connectivity index (χ2v) is 8.12. The Labute approximate surface area is 119 Å². The molecule has 7 heteroatoms. The lowest BCUT2D eigenvalue weighted by Crippen LogP contribution is -2.35. The molecular formula is C13H20N2O4S. The molecule has 0 radical (unpaired) electrons. The third-order valence-corrected chi connectivity index (χ3v) is 5.26. The molecule has 0 spiro atoms. The highest BCUT2D eigenvalue weighted by molar-refractivity contribution is 7.93. The van der Waals surface area contributed by atoms with Crippen LogP contribution in [0, 0.1) is 0 Å². The minimum atomic E-state index is -3.52. The number of hydrogen-bond acceptors (Lipinski definition) is 5. The number of amides is 1. The molecule has 0 saturated carbocycles. The van der Waals surface area contributed by atoms with Gasteiger partial charge in [-0.25, -0.2) is 8.42 Å². The highest BCUT2D eigenvalue weighted by Gasteiger charge is 2.31. The lowest BCUT2D eigenvalue weighted by atomic mass is 10.2. The molecule has 1 aromatic carbocycles. The maximum absolute atomic E-state index is 11.9. The van der Waals surface area contributed by atoms with E-state index in [9.17, 15) is 13.2 Å². The average molecular weight is 300 g/mol. The Morgan fingerprint density at radius 2 is 1.95 bits per heavy atom. The van der Waals surface area contributed by atoms with Crippen LogP contribution in [0.2, 0.25) is 0 Å². The van der Waals surface area contributed by atoms with Gasteiger partial charge in [-0.1, -0.05) is 0 Å². The number of nitrogen functional groups attached to an aromatic ring is 1. The zero-order valence-corrected chi connectivity index (χ0v) is 12.9. The van der Waals surface area contributed by atoms with Crippen LogP contribution >= 0.6 is 0 Å². The summed E-state index contributed by atoms with van der Waals surface area (Å²) in [6.45, 7) is 4.66. The zero-order chi connectivity index (χ0) is 15.6. The maximum Gasteiger partial charge on any atom is 0.239 e. The fraction of sp³-hybridized carbons (Fsp3) is 0.462. The summed E-state index contributed by atoms with van der Waals surface area (Å²) >= 11 is 0. The quantitative estimate of drug-likeness (QED) is 0.820. The lowest BCUT2D eigenvalue weighted by Gasteiger charge is -2.19. The number of anilines is 2. The van der Waals surface area contributed by atoms with Gasteiger partial charge in [-0.2, -0.15) is 0 Å². The molecule has 1 amide bonds. The Kier molecular flexibility index (Phi) is 4.65. The monoisotopic (exact) mass is 300 g/mol. The average Bonchev–Trinajstić information content (AvgIpc) is 2.29. The molecule has 0 fully saturated rings. The van der Waals surface area contributed by atoms with E-state index >= 15 is 0 Å². The Morgan fingerprint density at radius 3 is 2.45 bits per heavy atom. The van der Waals surface area contributed by atoms with Crippen molar-refractivity contribution in [2.24, 2.45) is 0 Å². The molecule has 1 aromatic rings. The summed E-state index contributed by atoms with van der Waals surface area (Å²) in [5.74, 6) is -0.807. The molecule has 0 aromatic heterocycles. The highest BCUT2D eigenvalue weighted by atomic mass is 32.2. The van der Waals surface area contributed by atoms with Crippen molar-refractivity contribution in [2.75, 3.05) is 23.9 Å². The van der Waals surface area contributed by atoms with Crippen molar-refractivity contribution in [3.63, 3.8) is 0 Å². The summed E-state index contributed by atoms with van der Waals surface area (Å²) in [7, 11) is -2.08. The second-order valence-electron chi connectivity index (χ2n) is 5.38. The van der Waals surface area contributed by atoms with Gasteiger partial charge in [0.05, 0.1) is 17.5 Å². The second kappa shape index (κ2) is 5.70. The summed E-state index contributed by atoms with van der Waals surface area (Å²) in [6, 6.07) is 4.71. The predicted molar refractivity (Wildman–Crippen MR) is 79.6 cm³/mol. The van der Waals surface area contributed by atoms with E-state index in [1.165, 1.54) is 7.11 Å². The fourth-order valence-electron chi connectivity index (χ4n) is 1.39. The first-order valence-electron chi connectivity index (χ1n) is 6.02. The first kappa shape index (κ1) is 16.3. The molecule has 0 aliphatic rings. The van der Waals surface area contributed by atoms with E-state index in [1.54, 1.807) is 39.0 Å². The smallest absolute Gasteiger partial charge is 0.239 e. The first-order valence-corrected chi connectivity index (χ1v) is 7.68. The summed E-state index contributed by atoms with van der Waals surface area (Å²) in [5.41, 5.74) is 6.48. The van der Waals surface area contributed by atoms with E-state index in [4.69, 9.17) is 10.5 Å². The van der Waals surface area contributed by atoms with E-state index in [0.717, 1.165) is 0 Å². The van der Waals surface area contributed by atoms with Gasteiger partial charge in [0.25, 0.3) is 0 Å². The maximum atomic E-state index is 11.9. The molecule has 112 valence electrons. The zero-order valence-electron chi connectivity index (χ0n) is 12.1. The standard InChI is InChI=1S/C13H20N2O4S/c1-13(2,3)20(17,18)8-12(16)15-10-6-5-9(14)7-11(10)19-4/h5-7H,8,14H2,1-4H3,(H,15,16). The van der Waals surface area contributed by atoms with Gasteiger partial charge in [-0.05, 0) is 32.9 Å². The molecule has 0 saturated heterocycles. The van der Waals surface area contributed by atoms with E-state index in [2.05, 4.69) is 5.32 Å². The molecular weight excluding hydrogens is 280 g/mol. The van der Waals surface area contributed by atoms with Crippen molar-refractivity contribution < 1.29 is 17.9 Å². The van der Waals surface area contributed by atoms with Crippen molar-refractivity contribution in [3.05, 3.63) is 18.2 Å². The Hall–Kier alpha value is -1.76. The summed E-state index contributed by atoms with van der Waals surface area (Å²) < 4.78 is 28.0. The van der Waals surface area contributed by atoms with Gasteiger partial charge >= 0.3 is 0 Å². The number of sulfone groups is 1. The number of nitrogens with two attached hydrogens (primary N) is 1. The van der Waals surface area contributed by atoms with Crippen molar-refractivity contribution in [2.45, 2.75) is 25.5 Å². The van der Waals surface area contributed by atoms with Crippen molar-refractivity contribution in [1.29, 1.82) is 0 Å². The minimum Gasteiger partial charge on any atom is -0.494 e. The minimum absolute atomic E-state index is 0.381. The number of carbonyl (C=O) groups is 1. The Balaban J connectivity index is 2.88. The third-order valence-electron chi connectivity index (χ3n) is 2.75. The van der Waals surface area contributed by atoms with Crippen molar-refractivity contribution in [1.82, 2.24) is 0 Å². The van der Waals surface area contributed by atoms with Crippen LogP contribution < -0.4 is 15.8 Å². The normalized spacial score (nSPS) is 12.0. The van der Waals surface area contributed by atoms with Crippen LogP contribution in [0.25, 0.3) is 0 Å². The molecule has 1 rings (SSSR count). The largest absolute Gasteiger partial charge is 0.494 e. The van der Waals surface area contributed by atoms with Gasteiger partial charge in [-0.3, -0.25) is 4.79 Å². The van der Waals surface area contributed by atoms with E-state index in [0.29, 0.717) is 17.1 Å². The van der Waals surface area contributed by atoms with Gasteiger partial charge in [0.15, 0.2) is 9.84 Å². The van der Waals surface area contributed by atoms with E-state index in [1.807, 2.05) is 0 Å². The topological polar surface area (TPSA) is 98.5 Å². The van der Waals surface area contributed by atoms with Crippen molar-refractivity contribution >= 4 is 27.1 Å². The summed E-state index contributed by atoms with van der Waals surface area (Å²) in [4.78, 5) is 11.9. The van der Waals surface area contributed by atoms with Gasteiger partial charge in [0, 0.05) is 11.8 Å². The molecule has 3 N–H and O–H groups in total. The van der Waals surface area contributed by atoms with Gasteiger partial charge < -0.3 is 15.8 Å². The predicted octanol–water partition coefficient (Wildman–Crippen LogP) is 1.43. The summed E-state index contributed by atoms with van der Waals surface area (Å²) in [6.07, 6.45) is 0. The number of hydrogen-bond donors (Lipinski definition) is 2. The van der Waals surface area contributed by atoms with Gasteiger partial charge in [0.1, 0.15) is 11.5 Å². The fourth-order valence-corrected chi connectivity index (χ4v) is 2.24. The summed E-state index contributed by atoms with van der Waals surface area (Å²) in [5, 5.41) is 2.52. The van der Waals surface area contributed by atoms with Crippen molar-refractivity contribution in [3.8, 4) is 5.75 Å². The Morgan fingerprint density at radius 1 is 1.35 bits per heavy atom. The number of ether oxygens (including phenoxy) is 1. The SMILES string of the molecule is COc1cc(N)ccc1NC(=O)CS(=O)(=O)C(C)(C)C. The molecule has 6 nitrogen and oxygen atoms in total. The van der Waals surface area contributed by atoms with E-state index in [-0.39, 0.29) is 0 Å². The molecule has 0 bridgehead atoms. The first-order chi connectivity index (χ1) is 9.06. The van der Waals surface area contributed by atoms with E-state index < -0.39 is 26.2 Å². The highest BCUT2D eigenvalue weighted by Crippen LogP contribution is 2.26. The molecule has 0 unspecified atom stereocenters. The number of methoxy groups -OCH3 is 1. The number of nitrogens with one attached hydrogen (secondary N) is 1. The molecule has 0 atom stereocenters. The number of benzene rings is 1. The van der Waals surface area contributed by atoms with Crippen LogP contribution in [0.5, 0.6) is 5.75 Å². The molecule has 0 aliphatic heterocycles. The Bertz CT molecular complexity index is 603. The molecule has 20 heavy (non-hydrogen) atoms. The van der Waals surface area contributed by atoms with Crippen LogP contribution in [-0.4, -0.2) is 31.9 Å².